The molecule has 0 bridgehead atoms. The molecule has 11 heteroatoms. The van der Waals surface area contributed by atoms with Crippen LogP contribution in [0.1, 0.15) is 63.6 Å². The number of alkyl carbamates (subject to hydrolysis) is 1. The zero-order valence-corrected chi connectivity index (χ0v) is 21.5. The van der Waals surface area contributed by atoms with Crippen LogP contribution in [0.5, 0.6) is 0 Å². The molecule has 1 aromatic rings. The van der Waals surface area contributed by atoms with Crippen molar-refractivity contribution >= 4 is 29.8 Å². The third-order valence-electron chi connectivity index (χ3n) is 5.69. The minimum atomic E-state index is -1.40. The highest BCUT2D eigenvalue weighted by Gasteiger charge is 2.43. The Labute approximate surface area is 216 Å². The van der Waals surface area contributed by atoms with Gasteiger partial charge in [0.1, 0.15) is 24.2 Å². The van der Waals surface area contributed by atoms with Gasteiger partial charge in [-0.3, -0.25) is 19.2 Å². The second kappa shape index (κ2) is 12.8. The third-order valence-corrected chi connectivity index (χ3v) is 5.69. The van der Waals surface area contributed by atoms with Crippen LogP contribution in [0.3, 0.4) is 0 Å². The molecule has 0 saturated heterocycles. The number of benzene rings is 1. The molecule has 200 valence electrons. The van der Waals surface area contributed by atoms with Gasteiger partial charge < -0.3 is 30.7 Å². The van der Waals surface area contributed by atoms with Crippen molar-refractivity contribution in [3.63, 3.8) is 0 Å². The zero-order chi connectivity index (χ0) is 27.8. The Bertz CT molecular complexity index is 1070. The van der Waals surface area contributed by atoms with Crippen molar-refractivity contribution in [1.82, 2.24) is 15.5 Å². The predicted molar refractivity (Wildman–Crippen MR) is 134 cm³/mol. The second-order valence-corrected chi connectivity index (χ2v) is 9.63. The molecule has 0 radical (unpaired) electrons. The van der Waals surface area contributed by atoms with Gasteiger partial charge in [0.25, 0.3) is 0 Å². The number of methoxy groups -OCH3 is 1. The number of hydrogen-bond donors (Lipinski definition) is 3. The van der Waals surface area contributed by atoms with E-state index < -0.39 is 60.4 Å². The number of nitrogens with zero attached hydrogens (tertiary/aromatic N) is 1. The molecule has 37 heavy (non-hydrogen) atoms. The number of rotatable bonds is 10. The first-order valence-corrected chi connectivity index (χ1v) is 11.9. The minimum absolute atomic E-state index is 0.350. The largest absolute Gasteiger partial charge is 0.468 e. The number of nitrogens with one attached hydrogen (secondary N) is 2. The van der Waals surface area contributed by atoms with E-state index in [4.69, 9.17) is 16.9 Å². The number of carbonyl (C=O) groups is 5. The van der Waals surface area contributed by atoms with Crippen LogP contribution in [0.4, 0.5) is 4.79 Å². The Kier molecular flexibility index (Phi) is 10.1. The van der Waals surface area contributed by atoms with Crippen molar-refractivity contribution in [3.8, 4) is 12.3 Å². The maximum Gasteiger partial charge on any atom is 0.408 e. The lowest BCUT2D eigenvalue weighted by atomic mass is 9.87. The topological polar surface area (TPSA) is 157 Å². The summed E-state index contributed by atoms with van der Waals surface area (Å²) in [4.78, 5) is 64.8. The van der Waals surface area contributed by atoms with Gasteiger partial charge in [0.2, 0.25) is 17.7 Å². The van der Waals surface area contributed by atoms with E-state index in [-0.39, 0.29) is 6.04 Å². The number of ether oxygens (including phenoxy) is 2. The molecule has 4 N–H and O–H groups in total. The number of esters is 1. The molecule has 0 spiro atoms. The van der Waals surface area contributed by atoms with E-state index in [1.54, 1.807) is 45.0 Å². The van der Waals surface area contributed by atoms with Crippen molar-refractivity contribution in [2.45, 2.75) is 70.2 Å². The van der Waals surface area contributed by atoms with Crippen LogP contribution in [0.25, 0.3) is 0 Å². The standard InChI is InChI=1S/C26H34N4O7/c1-6-16-10-7-8-13-18(16)22(23(33)28-15-21(32)36-5)30(17-11-9-12-17)24(34)19(14-20(27)31)29-25(35)37-26(2,3)4/h1,7-8,10,13,17,19,22H,9,11-12,14-15H2,2-5H3,(H2,27,31)(H,28,33)(H,29,35). The molecule has 11 nitrogen and oxygen atoms in total. The summed E-state index contributed by atoms with van der Waals surface area (Å²) in [6, 6.07) is 3.55. The Morgan fingerprint density at radius 2 is 1.84 bits per heavy atom. The molecule has 2 unspecified atom stereocenters. The molecule has 0 aliphatic heterocycles. The molecule has 1 aliphatic rings. The average Bonchev–Trinajstić information content (AvgIpc) is 2.78. The summed E-state index contributed by atoms with van der Waals surface area (Å²) in [7, 11) is 1.18. The van der Waals surface area contributed by atoms with E-state index in [0.717, 1.165) is 6.42 Å². The third kappa shape index (κ3) is 8.24. The van der Waals surface area contributed by atoms with Gasteiger partial charge in [0.15, 0.2) is 0 Å². The van der Waals surface area contributed by atoms with Crippen molar-refractivity contribution in [2.75, 3.05) is 13.7 Å². The lowest BCUT2D eigenvalue weighted by molar-refractivity contribution is -0.149. The van der Waals surface area contributed by atoms with Crippen LogP contribution >= 0.6 is 0 Å². The number of primary amides is 1. The van der Waals surface area contributed by atoms with Crippen LogP contribution in [-0.2, 0) is 28.7 Å². The number of nitrogens with two attached hydrogens (primary N) is 1. The van der Waals surface area contributed by atoms with Gasteiger partial charge in [-0.2, -0.15) is 0 Å². The molecular formula is C26H34N4O7. The number of terminal acetylenes is 1. The van der Waals surface area contributed by atoms with Crippen LogP contribution in [-0.4, -0.2) is 66.0 Å². The molecule has 4 amide bonds. The number of carbonyl (C=O) groups excluding carboxylic acids is 5. The Morgan fingerprint density at radius 1 is 1.19 bits per heavy atom. The zero-order valence-electron chi connectivity index (χ0n) is 21.5. The molecule has 1 fully saturated rings. The second-order valence-electron chi connectivity index (χ2n) is 9.63. The number of amides is 4. The fourth-order valence-corrected chi connectivity index (χ4v) is 3.83. The fraction of sp³-hybridized carbons (Fsp3) is 0.500. The first-order valence-electron chi connectivity index (χ1n) is 11.9. The van der Waals surface area contributed by atoms with Crippen molar-refractivity contribution < 1.29 is 33.4 Å². The Morgan fingerprint density at radius 3 is 2.35 bits per heavy atom. The van der Waals surface area contributed by atoms with Gasteiger partial charge in [0, 0.05) is 11.6 Å². The monoisotopic (exact) mass is 514 g/mol. The van der Waals surface area contributed by atoms with Gasteiger partial charge >= 0.3 is 12.1 Å². The predicted octanol–water partition coefficient (Wildman–Crippen LogP) is 1.15. The van der Waals surface area contributed by atoms with Gasteiger partial charge in [-0.1, -0.05) is 24.1 Å². The maximum absolute atomic E-state index is 14.0. The summed E-state index contributed by atoms with van der Waals surface area (Å²) in [5, 5.41) is 4.92. The summed E-state index contributed by atoms with van der Waals surface area (Å²) >= 11 is 0. The molecule has 2 rings (SSSR count). The summed E-state index contributed by atoms with van der Waals surface area (Å²) in [5.74, 6) is -0.382. The van der Waals surface area contributed by atoms with Gasteiger partial charge in [-0.15, -0.1) is 6.42 Å². The van der Waals surface area contributed by atoms with E-state index in [1.165, 1.54) is 12.0 Å². The summed E-state index contributed by atoms with van der Waals surface area (Å²) in [6.07, 6.45) is 6.22. The first-order chi connectivity index (χ1) is 17.4. The normalized spacial score (nSPS) is 14.7. The Balaban J connectivity index is 2.54. The van der Waals surface area contributed by atoms with E-state index >= 15 is 0 Å². The van der Waals surface area contributed by atoms with Gasteiger partial charge in [-0.05, 0) is 51.7 Å². The summed E-state index contributed by atoms with van der Waals surface area (Å²) < 4.78 is 9.86. The maximum atomic E-state index is 14.0. The molecule has 1 saturated carbocycles. The molecule has 0 aromatic heterocycles. The van der Waals surface area contributed by atoms with Crippen molar-refractivity contribution in [2.24, 2.45) is 5.73 Å². The van der Waals surface area contributed by atoms with Crippen LogP contribution in [0.15, 0.2) is 24.3 Å². The quantitative estimate of drug-likeness (QED) is 0.312. The van der Waals surface area contributed by atoms with Crippen LogP contribution in [0, 0.1) is 12.3 Å². The highest BCUT2D eigenvalue weighted by molar-refractivity contribution is 5.95. The summed E-state index contributed by atoms with van der Waals surface area (Å²) in [6.45, 7) is 4.52. The molecule has 1 aromatic carbocycles. The van der Waals surface area contributed by atoms with Crippen molar-refractivity contribution in [1.29, 1.82) is 0 Å². The average molecular weight is 515 g/mol. The van der Waals surface area contributed by atoms with Gasteiger partial charge in [0.05, 0.1) is 13.5 Å². The lowest BCUT2D eigenvalue weighted by Gasteiger charge is -2.43. The highest BCUT2D eigenvalue weighted by Crippen LogP contribution is 2.35. The molecular weight excluding hydrogens is 480 g/mol. The summed E-state index contributed by atoms with van der Waals surface area (Å²) in [5.41, 5.74) is 5.24. The Hall–Kier alpha value is -4.07. The minimum Gasteiger partial charge on any atom is -0.468 e. The number of hydrogen-bond acceptors (Lipinski definition) is 7. The van der Waals surface area contributed by atoms with Crippen LogP contribution < -0.4 is 16.4 Å². The SMILES string of the molecule is C#Cc1ccccc1C(C(=O)NCC(=O)OC)N(C(=O)C(CC(N)=O)NC(=O)OC(C)(C)C)C1CCC1. The van der Waals surface area contributed by atoms with E-state index in [0.29, 0.717) is 24.0 Å². The first kappa shape index (κ1) is 29.2. The highest BCUT2D eigenvalue weighted by atomic mass is 16.6. The lowest BCUT2D eigenvalue weighted by Crippen LogP contribution is -2.58. The van der Waals surface area contributed by atoms with E-state index in [2.05, 4.69) is 21.3 Å². The smallest absolute Gasteiger partial charge is 0.408 e. The van der Waals surface area contributed by atoms with E-state index in [9.17, 15) is 24.0 Å². The fourth-order valence-electron chi connectivity index (χ4n) is 3.83. The molecule has 2 atom stereocenters. The van der Waals surface area contributed by atoms with Crippen LogP contribution in [0.2, 0.25) is 0 Å². The molecule has 1 aliphatic carbocycles. The molecule has 0 heterocycles. The van der Waals surface area contributed by atoms with Crippen molar-refractivity contribution in [3.05, 3.63) is 35.4 Å². The van der Waals surface area contributed by atoms with Gasteiger partial charge in [-0.25, -0.2) is 4.79 Å². The van der Waals surface area contributed by atoms with E-state index in [1.807, 2.05) is 0 Å².